The van der Waals surface area contributed by atoms with Crippen molar-refractivity contribution in [2.45, 2.75) is 52.7 Å². The van der Waals surface area contributed by atoms with Crippen molar-refractivity contribution in [2.75, 3.05) is 13.2 Å². The molecule has 0 aromatic heterocycles. The van der Waals surface area contributed by atoms with E-state index in [0.717, 1.165) is 11.3 Å². The van der Waals surface area contributed by atoms with Gasteiger partial charge in [-0.25, -0.2) is 0 Å². The molecule has 0 aliphatic carbocycles. The summed E-state index contributed by atoms with van der Waals surface area (Å²) in [5, 5.41) is 13.0. The molecule has 4 heteroatoms. The van der Waals surface area contributed by atoms with Gasteiger partial charge in [0.2, 0.25) is 0 Å². The number of halogens is 1. The number of ether oxygens (including phenoxy) is 1. The van der Waals surface area contributed by atoms with Gasteiger partial charge in [0, 0.05) is 12.6 Å². The Kier molecular flexibility index (Phi) is 8.86. The second kappa shape index (κ2) is 9.22. The Bertz CT molecular complexity index is 394. The van der Waals surface area contributed by atoms with Crippen molar-refractivity contribution in [3.8, 4) is 5.75 Å². The van der Waals surface area contributed by atoms with Gasteiger partial charge in [-0.3, -0.25) is 0 Å². The maximum atomic E-state index is 9.84. The molecule has 0 amide bonds. The summed E-state index contributed by atoms with van der Waals surface area (Å²) >= 11 is 0. The van der Waals surface area contributed by atoms with Crippen LogP contribution in [0.15, 0.2) is 18.2 Å². The molecule has 0 spiro atoms. The van der Waals surface area contributed by atoms with Crippen molar-refractivity contribution in [1.82, 2.24) is 5.32 Å². The predicted octanol–water partition coefficient (Wildman–Crippen LogP) is 3.28. The second-order valence-corrected chi connectivity index (χ2v) is 5.71. The second-order valence-electron chi connectivity index (χ2n) is 5.71. The highest BCUT2D eigenvalue weighted by Gasteiger charge is 2.09. The lowest BCUT2D eigenvalue weighted by Crippen LogP contribution is -2.35. The number of nitrogens with one attached hydrogen (secondary N) is 1. The Hall–Kier alpha value is -0.770. The van der Waals surface area contributed by atoms with Crippen LogP contribution in [0.4, 0.5) is 0 Å². The molecular formula is C16H28ClNO2. The largest absolute Gasteiger partial charge is 0.491 e. The van der Waals surface area contributed by atoms with Crippen LogP contribution in [0.1, 0.15) is 44.7 Å². The topological polar surface area (TPSA) is 41.5 Å². The fourth-order valence-corrected chi connectivity index (χ4v) is 1.75. The van der Waals surface area contributed by atoms with E-state index in [0.29, 0.717) is 25.1 Å². The van der Waals surface area contributed by atoms with Gasteiger partial charge in [-0.1, -0.05) is 39.8 Å². The summed E-state index contributed by atoms with van der Waals surface area (Å²) in [6, 6.07) is 6.65. The molecule has 0 aliphatic rings. The average Bonchev–Trinajstić information content (AvgIpc) is 2.35. The van der Waals surface area contributed by atoms with Crippen LogP contribution in [0, 0.1) is 6.92 Å². The predicted molar refractivity (Wildman–Crippen MR) is 87.2 cm³/mol. The van der Waals surface area contributed by atoms with Crippen LogP contribution in [0.5, 0.6) is 5.75 Å². The molecule has 1 atom stereocenters. The van der Waals surface area contributed by atoms with Crippen LogP contribution in [0.3, 0.4) is 0 Å². The molecule has 0 heterocycles. The minimum absolute atomic E-state index is 0. The lowest BCUT2D eigenvalue weighted by Gasteiger charge is -2.17. The van der Waals surface area contributed by atoms with Crippen LogP contribution < -0.4 is 10.1 Å². The summed E-state index contributed by atoms with van der Waals surface area (Å²) in [6.07, 6.45) is -0.482. The smallest absolute Gasteiger partial charge is 0.122 e. The van der Waals surface area contributed by atoms with Crippen molar-refractivity contribution < 1.29 is 9.84 Å². The highest BCUT2D eigenvalue weighted by molar-refractivity contribution is 5.85. The van der Waals surface area contributed by atoms with E-state index in [1.54, 1.807) is 0 Å². The van der Waals surface area contributed by atoms with Crippen molar-refractivity contribution in [2.24, 2.45) is 0 Å². The first-order valence-corrected chi connectivity index (χ1v) is 7.05. The van der Waals surface area contributed by atoms with Crippen molar-refractivity contribution in [1.29, 1.82) is 0 Å². The molecule has 0 fully saturated rings. The highest BCUT2D eigenvalue weighted by atomic mass is 35.5. The molecule has 1 aromatic carbocycles. The monoisotopic (exact) mass is 301 g/mol. The fraction of sp³-hybridized carbons (Fsp3) is 0.625. The first-order valence-electron chi connectivity index (χ1n) is 7.05. The number of benzene rings is 1. The Morgan fingerprint density at radius 3 is 2.40 bits per heavy atom. The standard InChI is InChI=1S/C16H27NO2.ClH/c1-11(2)14-7-6-13(5)16(8-14)19-10-15(18)9-17-12(3)4;/h6-8,11-12,15,17-18H,9-10H2,1-5H3;1H. The number of aliphatic hydroxyl groups excluding tert-OH is 1. The number of hydrogen-bond acceptors (Lipinski definition) is 3. The zero-order valence-corrected chi connectivity index (χ0v) is 14.0. The zero-order valence-electron chi connectivity index (χ0n) is 13.1. The minimum atomic E-state index is -0.482. The van der Waals surface area contributed by atoms with Gasteiger partial charge in [0.05, 0.1) is 0 Å². The van der Waals surface area contributed by atoms with Gasteiger partial charge in [-0.05, 0) is 30.0 Å². The van der Waals surface area contributed by atoms with Gasteiger partial charge in [-0.15, -0.1) is 12.4 Å². The van der Waals surface area contributed by atoms with Gasteiger partial charge >= 0.3 is 0 Å². The van der Waals surface area contributed by atoms with Crippen LogP contribution in [0.2, 0.25) is 0 Å². The van der Waals surface area contributed by atoms with E-state index in [1.807, 2.05) is 6.92 Å². The SMILES string of the molecule is Cc1ccc(C(C)C)cc1OCC(O)CNC(C)C.Cl. The third-order valence-electron chi connectivity index (χ3n) is 3.07. The van der Waals surface area contributed by atoms with Crippen LogP contribution in [-0.2, 0) is 0 Å². The van der Waals surface area contributed by atoms with E-state index in [4.69, 9.17) is 4.74 Å². The van der Waals surface area contributed by atoms with E-state index in [9.17, 15) is 5.11 Å². The summed E-state index contributed by atoms with van der Waals surface area (Å²) < 4.78 is 5.73. The minimum Gasteiger partial charge on any atom is -0.491 e. The molecule has 1 unspecified atom stereocenters. The molecule has 0 radical (unpaired) electrons. The molecule has 1 aromatic rings. The molecule has 0 saturated carbocycles. The maximum absolute atomic E-state index is 9.84. The van der Waals surface area contributed by atoms with E-state index in [2.05, 4.69) is 51.2 Å². The van der Waals surface area contributed by atoms with Gasteiger partial charge in [0.1, 0.15) is 18.5 Å². The number of hydrogen-bond donors (Lipinski definition) is 2. The third-order valence-corrected chi connectivity index (χ3v) is 3.07. The summed E-state index contributed by atoms with van der Waals surface area (Å²) in [4.78, 5) is 0. The zero-order chi connectivity index (χ0) is 14.4. The molecule has 0 aliphatic heterocycles. The molecule has 116 valence electrons. The number of rotatable bonds is 7. The van der Waals surface area contributed by atoms with E-state index < -0.39 is 6.10 Å². The quantitative estimate of drug-likeness (QED) is 0.812. The summed E-state index contributed by atoms with van der Waals surface area (Å²) in [6.45, 7) is 11.3. The number of aryl methyl sites for hydroxylation is 1. The van der Waals surface area contributed by atoms with Crippen molar-refractivity contribution in [3.05, 3.63) is 29.3 Å². The van der Waals surface area contributed by atoms with E-state index in [-0.39, 0.29) is 12.4 Å². The Morgan fingerprint density at radius 2 is 1.85 bits per heavy atom. The number of aliphatic hydroxyl groups is 1. The lowest BCUT2D eigenvalue weighted by molar-refractivity contribution is 0.104. The molecule has 1 rings (SSSR count). The molecule has 0 saturated heterocycles. The van der Waals surface area contributed by atoms with Crippen molar-refractivity contribution >= 4 is 12.4 Å². The molecule has 20 heavy (non-hydrogen) atoms. The van der Waals surface area contributed by atoms with Crippen LogP contribution in [0.25, 0.3) is 0 Å². The fourth-order valence-electron chi connectivity index (χ4n) is 1.75. The van der Waals surface area contributed by atoms with Crippen LogP contribution in [-0.4, -0.2) is 30.4 Å². The highest BCUT2D eigenvalue weighted by Crippen LogP contribution is 2.24. The van der Waals surface area contributed by atoms with Crippen molar-refractivity contribution in [3.63, 3.8) is 0 Å². The first-order chi connectivity index (χ1) is 8.90. The Balaban J connectivity index is 0.00000361. The molecule has 0 bridgehead atoms. The van der Waals surface area contributed by atoms with Gasteiger partial charge in [-0.2, -0.15) is 0 Å². The maximum Gasteiger partial charge on any atom is 0.122 e. The Morgan fingerprint density at radius 1 is 1.20 bits per heavy atom. The summed E-state index contributed by atoms with van der Waals surface area (Å²) in [7, 11) is 0. The van der Waals surface area contributed by atoms with Gasteiger partial charge < -0.3 is 15.2 Å². The van der Waals surface area contributed by atoms with Gasteiger partial charge in [0.25, 0.3) is 0 Å². The average molecular weight is 302 g/mol. The van der Waals surface area contributed by atoms with E-state index >= 15 is 0 Å². The summed E-state index contributed by atoms with van der Waals surface area (Å²) in [5.74, 6) is 1.35. The normalized spacial score (nSPS) is 12.4. The lowest BCUT2D eigenvalue weighted by atomic mass is 10.0. The van der Waals surface area contributed by atoms with Crippen LogP contribution >= 0.6 is 12.4 Å². The summed E-state index contributed by atoms with van der Waals surface area (Å²) in [5.41, 5.74) is 2.36. The molecule has 3 nitrogen and oxygen atoms in total. The molecule has 2 N–H and O–H groups in total. The Labute approximate surface area is 129 Å². The van der Waals surface area contributed by atoms with Gasteiger partial charge in [0.15, 0.2) is 0 Å². The van der Waals surface area contributed by atoms with E-state index in [1.165, 1.54) is 5.56 Å². The third kappa shape index (κ3) is 6.60. The molecular weight excluding hydrogens is 274 g/mol. The first kappa shape index (κ1) is 19.2.